The minimum atomic E-state index is 0. The van der Waals surface area contributed by atoms with E-state index >= 15 is 0 Å². The number of piperazine rings is 1. The molecule has 20 heavy (non-hydrogen) atoms. The van der Waals surface area contributed by atoms with E-state index in [0.717, 1.165) is 31.9 Å². The summed E-state index contributed by atoms with van der Waals surface area (Å²) in [7, 11) is 0. The van der Waals surface area contributed by atoms with E-state index in [1.807, 2.05) is 6.07 Å². The lowest BCUT2D eigenvalue weighted by molar-refractivity contribution is 0.161. The number of nitrogens with zero attached hydrogens (tertiary/aromatic N) is 1. The highest BCUT2D eigenvalue weighted by molar-refractivity contribution is 6.32. The number of hydrogen-bond acceptors (Lipinski definition) is 4. The van der Waals surface area contributed by atoms with Gasteiger partial charge in [-0.2, -0.15) is 0 Å². The van der Waals surface area contributed by atoms with Gasteiger partial charge in [-0.1, -0.05) is 11.6 Å². The molecule has 0 radical (unpaired) electrons. The second kappa shape index (κ2) is 6.85. The highest BCUT2D eigenvalue weighted by Crippen LogP contribution is 2.38. The number of benzene rings is 1. The largest absolute Gasteiger partial charge is 0.486 e. The van der Waals surface area contributed by atoms with E-state index in [1.165, 1.54) is 5.56 Å². The quantitative estimate of drug-likeness (QED) is 0.907. The molecule has 0 amide bonds. The Labute approximate surface area is 130 Å². The fraction of sp³-hybridized carbons (Fsp3) is 0.571. The first-order valence-corrected chi connectivity index (χ1v) is 7.14. The number of ether oxygens (including phenoxy) is 2. The topological polar surface area (TPSA) is 33.7 Å². The van der Waals surface area contributed by atoms with Crippen molar-refractivity contribution in [1.29, 1.82) is 0 Å². The van der Waals surface area contributed by atoms with Crippen molar-refractivity contribution < 1.29 is 9.47 Å². The third-order valence-electron chi connectivity index (χ3n) is 3.68. The van der Waals surface area contributed by atoms with Crippen LogP contribution in [0.5, 0.6) is 11.5 Å². The third kappa shape index (κ3) is 3.31. The van der Waals surface area contributed by atoms with Gasteiger partial charge in [0, 0.05) is 32.2 Å². The molecule has 2 aliphatic rings. The van der Waals surface area contributed by atoms with Crippen LogP contribution in [0.3, 0.4) is 0 Å². The number of hydrogen-bond donors (Lipinski definition) is 1. The Balaban J connectivity index is 0.00000147. The molecule has 4 nitrogen and oxygen atoms in total. The van der Waals surface area contributed by atoms with Crippen LogP contribution in [0.4, 0.5) is 0 Å². The summed E-state index contributed by atoms with van der Waals surface area (Å²) in [5, 5.41) is 4.05. The zero-order chi connectivity index (χ0) is 13.2. The Bertz CT molecular complexity index is 471. The average molecular weight is 319 g/mol. The number of nitrogens with one attached hydrogen (secondary N) is 1. The summed E-state index contributed by atoms with van der Waals surface area (Å²) in [6.45, 7) is 7.46. The molecule has 0 aliphatic carbocycles. The molecule has 1 aromatic rings. The van der Waals surface area contributed by atoms with E-state index in [2.05, 4.69) is 23.2 Å². The molecule has 0 aromatic heterocycles. The van der Waals surface area contributed by atoms with Gasteiger partial charge in [-0.15, -0.1) is 12.4 Å². The Morgan fingerprint density at radius 2 is 2.15 bits per heavy atom. The lowest BCUT2D eigenvalue weighted by Gasteiger charge is -2.34. The van der Waals surface area contributed by atoms with Gasteiger partial charge < -0.3 is 14.8 Å². The molecule has 2 aliphatic heterocycles. The van der Waals surface area contributed by atoms with Gasteiger partial charge in [-0.3, -0.25) is 4.90 Å². The van der Waals surface area contributed by atoms with Crippen molar-refractivity contribution in [2.45, 2.75) is 19.5 Å². The van der Waals surface area contributed by atoms with E-state index in [1.54, 1.807) is 0 Å². The molecule has 1 atom stereocenters. The molecular weight excluding hydrogens is 299 g/mol. The van der Waals surface area contributed by atoms with Crippen LogP contribution in [0, 0.1) is 0 Å². The first-order chi connectivity index (χ1) is 9.24. The summed E-state index contributed by atoms with van der Waals surface area (Å²) in [5.74, 6) is 1.46. The van der Waals surface area contributed by atoms with E-state index in [9.17, 15) is 0 Å². The van der Waals surface area contributed by atoms with Crippen LogP contribution in [0.25, 0.3) is 0 Å². The summed E-state index contributed by atoms with van der Waals surface area (Å²) in [4.78, 5) is 2.46. The van der Waals surface area contributed by atoms with Crippen LogP contribution in [0.2, 0.25) is 5.02 Å². The predicted molar refractivity (Wildman–Crippen MR) is 82.4 cm³/mol. The van der Waals surface area contributed by atoms with Crippen molar-refractivity contribution in [3.8, 4) is 11.5 Å². The molecule has 3 rings (SSSR count). The van der Waals surface area contributed by atoms with E-state index in [-0.39, 0.29) is 12.4 Å². The van der Waals surface area contributed by atoms with Gasteiger partial charge in [0.2, 0.25) is 0 Å². The number of rotatable bonds is 2. The van der Waals surface area contributed by atoms with Crippen LogP contribution < -0.4 is 14.8 Å². The van der Waals surface area contributed by atoms with E-state index in [0.29, 0.717) is 30.0 Å². The van der Waals surface area contributed by atoms with Crippen LogP contribution in [0.15, 0.2) is 12.1 Å². The van der Waals surface area contributed by atoms with Gasteiger partial charge in [0.05, 0.1) is 5.02 Å². The molecular formula is C14H20Cl2N2O2. The lowest BCUT2D eigenvalue weighted by atomic mass is 10.1. The van der Waals surface area contributed by atoms with Crippen molar-refractivity contribution in [3.05, 3.63) is 22.7 Å². The fourth-order valence-corrected chi connectivity index (χ4v) is 2.90. The Morgan fingerprint density at radius 3 is 2.95 bits per heavy atom. The molecule has 1 unspecified atom stereocenters. The molecule has 1 saturated heterocycles. The summed E-state index contributed by atoms with van der Waals surface area (Å²) in [6, 6.07) is 4.58. The SMILES string of the molecule is CC1CNCCN1Cc1cc(Cl)c2c(c1)OCCO2.Cl. The summed E-state index contributed by atoms with van der Waals surface area (Å²) in [6.07, 6.45) is 0. The molecule has 112 valence electrons. The highest BCUT2D eigenvalue weighted by atomic mass is 35.5. The minimum Gasteiger partial charge on any atom is -0.486 e. The van der Waals surface area contributed by atoms with Crippen LogP contribution in [-0.4, -0.2) is 43.8 Å². The minimum absolute atomic E-state index is 0. The van der Waals surface area contributed by atoms with Crippen LogP contribution in [-0.2, 0) is 6.54 Å². The monoisotopic (exact) mass is 318 g/mol. The zero-order valence-electron chi connectivity index (χ0n) is 11.5. The first kappa shape index (κ1) is 15.7. The third-order valence-corrected chi connectivity index (χ3v) is 3.96. The van der Waals surface area contributed by atoms with Gasteiger partial charge in [0.1, 0.15) is 13.2 Å². The van der Waals surface area contributed by atoms with E-state index < -0.39 is 0 Å². The summed E-state index contributed by atoms with van der Waals surface area (Å²) >= 11 is 6.27. The highest BCUT2D eigenvalue weighted by Gasteiger charge is 2.21. The fourth-order valence-electron chi connectivity index (χ4n) is 2.61. The van der Waals surface area contributed by atoms with E-state index in [4.69, 9.17) is 21.1 Å². The molecule has 2 heterocycles. The molecule has 0 saturated carbocycles. The van der Waals surface area contributed by atoms with Crippen molar-refractivity contribution in [1.82, 2.24) is 10.2 Å². The maximum atomic E-state index is 6.27. The Hall–Kier alpha value is -0.680. The number of fused-ring (bicyclic) bond motifs is 1. The molecule has 1 fully saturated rings. The van der Waals surface area contributed by atoms with Gasteiger partial charge in [-0.05, 0) is 24.6 Å². The van der Waals surface area contributed by atoms with Crippen molar-refractivity contribution >= 4 is 24.0 Å². The predicted octanol–water partition coefficient (Wildman–Crippen LogP) is 2.33. The molecule has 0 spiro atoms. The standard InChI is InChI=1S/C14H19ClN2O2.ClH/c1-10-8-16-2-3-17(10)9-11-6-12(15)14-13(7-11)18-4-5-19-14;/h6-7,10,16H,2-5,8-9H2,1H3;1H. The lowest BCUT2D eigenvalue weighted by Crippen LogP contribution is -2.49. The number of halogens is 2. The van der Waals surface area contributed by atoms with Crippen molar-refractivity contribution in [2.75, 3.05) is 32.8 Å². The van der Waals surface area contributed by atoms with Crippen LogP contribution in [0.1, 0.15) is 12.5 Å². The maximum absolute atomic E-state index is 6.27. The maximum Gasteiger partial charge on any atom is 0.179 e. The van der Waals surface area contributed by atoms with Gasteiger partial charge in [-0.25, -0.2) is 0 Å². The van der Waals surface area contributed by atoms with Crippen molar-refractivity contribution in [3.63, 3.8) is 0 Å². The second-order valence-electron chi connectivity index (χ2n) is 5.13. The molecule has 6 heteroatoms. The first-order valence-electron chi connectivity index (χ1n) is 6.77. The normalized spacial score (nSPS) is 22.2. The zero-order valence-corrected chi connectivity index (χ0v) is 13.1. The van der Waals surface area contributed by atoms with Gasteiger partial charge >= 0.3 is 0 Å². The van der Waals surface area contributed by atoms with Crippen molar-refractivity contribution in [2.24, 2.45) is 0 Å². The second-order valence-corrected chi connectivity index (χ2v) is 5.53. The summed E-state index contributed by atoms with van der Waals surface area (Å²) < 4.78 is 11.2. The Kier molecular flexibility index (Phi) is 5.38. The van der Waals surface area contributed by atoms with Gasteiger partial charge in [0.15, 0.2) is 11.5 Å². The average Bonchev–Trinajstić information content (AvgIpc) is 2.42. The van der Waals surface area contributed by atoms with Gasteiger partial charge in [0.25, 0.3) is 0 Å². The smallest absolute Gasteiger partial charge is 0.179 e. The molecule has 1 aromatic carbocycles. The Morgan fingerprint density at radius 1 is 1.35 bits per heavy atom. The van der Waals surface area contributed by atoms with Crippen LogP contribution >= 0.6 is 24.0 Å². The molecule has 1 N–H and O–H groups in total. The molecule has 0 bridgehead atoms. The summed E-state index contributed by atoms with van der Waals surface area (Å²) in [5.41, 5.74) is 1.18.